The fourth-order valence-electron chi connectivity index (χ4n) is 1.39. The van der Waals surface area contributed by atoms with Gasteiger partial charge in [0.05, 0.1) is 0 Å². The second-order valence-electron chi connectivity index (χ2n) is 3.37. The predicted molar refractivity (Wildman–Crippen MR) is 55.8 cm³/mol. The van der Waals surface area contributed by atoms with Gasteiger partial charge in [-0.1, -0.05) is 0 Å². The van der Waals surface area contributed by atoms with Crippen molar-refractivity contribution >= 4 is 29.4 Å². The van der Waals surface area contributed by atoms with Crippen LogP contribution in [0.2, 0.25) is 0 Å². The van der Waals surface area contributed by atoms with E-state index in [-0.39, 0.29) is 23.1 Å². The number of carbonyl (C=O) groups excluding carboxylic acids is 1. The third-order valence-corrected chi connectivity index (χ3v) is 5.31. The largest absolute Gasteiger partial charge is 0.396 e. The number of hydrogen-bond acceptors (Lipinski definition) is 4. The smallest absolute Gasteiger partial charge is 0.243 e. The SMILES string of the molecule is O=C(N[C@@H]1C[C@H]1CO)C1SCCS1. The molecule has 2 atom stereocenters. The summed E-state index contributed by atoms with van der Waals surface area (Å²) in [7, 11) is 0. The van der Waals surface area contributed by atoms with E-state index in [4.69, 9.17) is 5.11 Å². The van der Waals surface area contributed by atoms with Crippen molar-refractivity contribution in [1.29, 1.82) is 0 Å². The first kappa shape index (κ1) is 9.68. The van der Waals surface area contributed by atoms with E-state index in [1.165, 1.54) is 0 Å². The van der Waals surface area contributed by atoms with Gasteiger partial charge < -0.3 is 10.4 Å². The summed E-state index contributed by atoms with van der Waals surface area (Å²) in [5, 5.41) is 11.7. The highest BCUT2D eigenvalue weighted by molar-refractivity contribution is 8.21. The Morgan fingerprint density at radius 3 is 2.69 bits per heavy atom. The molecule has 1 amide bonds. The van der Waals surface area contributed by atoms with Crippen LogP contribution in [0.25, 0.3) is 0 Å². The number of thioether (sulfide) groups is 2. The van der Waals surface area contributed by atoms with Crippen LogP contribution in [0.15, 0.2) is 0 Å². The molecule has 0 aromatic carbocycles. The molecule has 74 valence electrons. The van der Waals surface area contributed by atoms with E-state index in [2.05, 4.69) is 5.32 Å². The molecule has 2 aliphatic rings. The number of rotatable bonds is 3. The van der Waals surface area contributed by atoms with E-state index in [9.17, 15) is 4.79 Å². The minimum absolute atomic E-state index is 0.0972. The molecule has 0 aromatic rings. The second kappa shape index (κ2) is 4.11. The lowest BCUT2D eigenvalue weighted by molar-refractivity contribution is -0.119. The molecular formula is C8H13NO2S2. The van der Waals surface area contributed by atoms with Crippen molar-refractivity contribution in [2.45, 2.75) is 17.0 Å². The zero-order valence-corrected chi connectivity index (χ0v) is 8.87. The summed E-state index contributed by atoms with van der Waals surface area (Å²) < 4.78 is 0.0972. The van der Waals surface area contributed by atoms with Gasteiger partial charge in [-0.05, 0) is 6.42 Å². The Hall–Kier alpha value is 0.130. The molecule has 2 N–H and O–H groups in total. The molecule has 1 aliphatic heterocycles. The van der Waals surface area contributed by atoms with E-state index >= 15 is 0 Å². The van der Waals surface area contributed by atoms with Crippen molar-refractivity contribution in [1.82, 2.24) is 5.32 Å². The first-order valence-corrected chi connectivity index (χ1v) is 6.55. The van der Waals surface area contributed by atoms with Crippen molar-refractivity contribution in [2.24, 2.45) is 5.92 Å². The first-order chi connectivity index (χ1) is 6.31. The zero-order valence-electron chi connectivity index (χ0n) is 7.23. The highest BCUT2D eigenvalue weighted by Crippen LogP contribution is 2.34. The van der Waals surface area contributed by atoms with Crippen LogP contribution in [0.4, 0.5) is 0 Å². The molecule has 1 aliphatic carbocycles. The molecule has 2 fully saturated rings. The summed E-state index contributed by atoms with van der Waals surface area (Å²) in [5.41, 5.74) is 0. The third-order valence-electron chi connectivity index (χ3n) is 2.32. The van der Waals surface area contributed by atoms with Crippen LogP contribution in [-0.2, 0) is 4.79 Å². The number of aliphatic hydroxyl groups excluding tert-OH is 1. The van der Waals surface area contributed by atoms with Gasteiger partial charge in [0.2, 0.25) is 5.91 Å². The average molecular weight is 219 g/mol. The van der Waals surface area contributed by atoms with Crippen LogP contribution < -0.4 is 5.32 Å². The number of hydrogen-bond donors (Lipinski definition) is 2. The number of carbonyl (C=O) groups is 1. The van der Waals surface area contributed by atoms with Crippen molar-refractivity contribution in [3.8, 4) is 0 Å². The lowest BCUT2D eigenvalue weighted by Crippen LogP contribution is -2.32. The van der Waals surface area contributed by atoms with Crippen LogP contribution in [0, 0.1) is 5.92 Å². The van der Waals surface area contributed by atoms with E-state index < -0.39 is 0 Å². The number of aliphatic hydroxyl groups is 1. The van der Waals surface area contributed by atoms with Crippen LogP contribution in [0.1, 0.15) is 6.42 Å². The molecule has 13 heavy (non-hydrogen) atoms. The monoisotopic (exact) mass is 219 g/mol. The summed E-state index contributed by atoms with van der Waals surface area (Å²) in [6.07, 6.45) is 0.949. The summed E-state index contributed by atoms with van der Waals surface area (Å²) in [5.74, 6) is 2.63. The molecule has 5 heteroatoms. The Bertz CT molecular complexity index is 206. The van der Waals surface area contributed by atoms with Crippen molar-refractivity contribution in [2.75, 3.05) is 18.1 Å². The fourth-order valence-corrected chi connectivity index (χ4v) is 3.99. The van der Waals surface area contributed by atoms with Gasteiger partial charge in [-0.25, -0.2) is 0 Å². The molecule has 0 spiro atoms. The van der Waals surface area contributed by atoms with Gasteiger partial charge in [-0.3, -0.25) is 4.79 Å². The van der Waals surface area contributed by atoms with Gasteiger partial charge in [0.1, 0.15) is 4.58 Å². The van der Waals surface area contributed by atoms with E-state index in [0.29, 0.717) is 5.92 Å². The highest BCUT2D eigenvalue weighted by atomic mass is 32.2. The van der Waals surface area contributed by atoms with Crippen molar-refractivity contribution in [3.05, 3.63) is 0 Å². The summed E-state index contributed by atoms with van der Waals surface area (Å²) in [6.45, 7) is 0.204. The highest BCUT2D eigenvalue weighted by Gasteiger charge is 2.39. The van der Waals surface area contributed by atoms with Crippen LogP contribution in [0.5, 0.6) is 0 Å². The van der Waals surface area contributed by atoms with Crippen molar-refractivity contribution in [3.63, 3.8) is 0 Å². The summed E-state index contributed by atoms with van der Waals surface area (Å²) >= 11 is 3.43. The molecular weight excluding hydrogens is 206 g/mol. The van der Waals surface area contributed by atoms with E-state index in [1.54, 1.807) is 23.5 Å². The Balaban J connectivity index is 1.72. The molecule has 1 saturated carbocycles. The minimum atomic E-state index is 0.0972. The molecule has 3 nitrogen and oxygen atoms in total. The maximum atomic E-state index is 11.5. The maximum absolute atomic E-state index is 11.5. The average Bonchev–Trinajstić information content (AvgIpc) is 2.68. The quantitative estimate of drug-likeness (QED) is 0.716. The molecule has 0 aromatic heterocycles. The molecule has 1 saturated heterocycles. The van der Waals surface area contributed by atoms with Gasteiger partial charge in [-0.2, -0.15) is 0 Å². The lowest BCUT2D eigenvalue weighted by Gasteiger charge is -2.08. The predicted octanol–water partition coefficient (Wildman–Crippen LogP) is 0.289. The van der Waals surface area contributed by atoms with Gasteiger partial charge in [0.15, 0.2) is 0 Å². The first-order valence-electron chi connectivity index (χ1n) is 4.45. The van der Waals surface area contributed by atoms with E-state index in [1.807, 2.05) is 0 Å². The normalized spacial score (nSPS) is 33.3. The molecule has 0 bridgehead atoms. The zero-order chi connectivity index (χ0) is 9.26. The van der Waals surface area contributed by atoms with Gasteiger partial charge in [-0.15, -0.1) is 23.5 Å². The Morgan fingerprint density at radius 1 is 1.46 bits per heavy atom. The Morgan fingerprint density at radius 2 is 2.15 bits per heavy atom. The summed E-state index contributed by atoms with van der Waals surface area (Å²) in [4.78, 5) is 11.5. The third kappa shape index (κ3) is 2.33. The maximum Gasteiger partial charge on any atom is 0.243 e. The molecule has 0 unspecified atom stereocenters. The van der Waals surface area contributed by atoms with Gasteiger partial charge >= 0.3 is 0 Å². The summed E-state index contributed by atoms with van der Waals surface area (Å²) in [6, 6.07) is 0.249. The van der Waals surface area contributed by atoms with Crippen LogP contribution in [0.3, 0.4) is 0 Å². The number of nitrogens with one attached hydrogen (secondary N) is 1. The Labute approximate surface area is 86.0 Å². The number of amides is 1. The van der Waals surface area contributed by atoms with Crippen LogP contribution >= 0.6 is 23.5 Å². The molecule has 1 heterocycles. The lowest BCUT2D eigenvalue weighted by atomic mass is 10.4. The topological polar surface area (TPSA) is 49.3 Å². The second-order valence-corrected chi connectivity index (χ2v) is 6.09. The molecule has 2 rings (SSSR count). The van der Waals surface area contributed by atoms with Crippen LogP contribution in [-0.4, -0.2) is 39.8 Å². The van der Waals surface area contributed by atoms with Crippen molar-refractivity contribution < 1.29 is 9.90 Å². The Kier molecular flexibility index (Phi) is 3.06. The van der Waals surface area contributed by atoms with E-state index in [0.717, 1.165) is 17.9 Å². The fraction of sp³-hybridized carbons (Fsp3) is 0.875. The standard InChI is InChI=1S/C8H13NO2S2/c10-4-5-3-6(5)9-7(11)8-12-1-2-13-8/h5-6,8,10H,1-4H2,(H,9,11)/t5-,6+/m0/s1. The van der Waals surface area contributed by atoms with Gasteiger partial charge in [0.25, 0.3) is 0 Å². The van der Waals surface area contributed by atoms with Gasteiger partial charge in [0, 0.05) is 30.1 Å². The molecule has 0 radical (unpaired) electrons. The minimum Gasteiger partial charge on any atom is -0.396 e.